The molecule has 58 valence electrons. The summed E-state index contributed by atoms with van der Waals surface area (Å²) in [4.78, 5) is 12.8. The molecular formula is C8H9NO2. The third-order valence-corrected chi connectivity index (χ3v) is 2.66. The molecule has 3 heteroatoms. The van der Waals surface area contributed by atoms with Crippen LogP contribution >= 0.6 is 0 Å². The largest absolute Gasteiger partial charge is 0.369 e. The van der Waals surface area contributed by atoms with Gasteiger partial charge in [-0.2, -0.15) is 0 Å². The van der Waals surface area contributed by atoms with Gasteiger partial charge < -0.3 is 10.0 Å². The SMILES string of the molecule is C#C[C@]1(O)C(=O)N(C)[C@H]2C[C@H]21. The Hall–Kier alpha value is -1.01. The third kappa shape index (κ3) is 0.561. The van der Waals surface area contributed by atoms with Crippen LogP contribution in [0.1, 0.15) is 6.42 Å². The van der Waals surface area contributed by atoms with Gasteiger partial charge in [0.25, 0.3) is 5.91 Å². The molecule has 2 rings (SSSR count). The van der Waals surface area contributed by atoms with Crippen LogP contribution in [0.15, 0.2) is 0 Å². The summed E-state index contributed by atoms with van der Waals surface area (Å²) >= 11 is 0. The number of carbonyl (C=O) groups is 1. The minimum Gasteiger partial charge on any atom is -0.369 e. The highest BCUT2D eigenvalue weighted by molar-refractivity contribution is 5.93. The molecule has 2 aliphatic rings. The van der Waals surface area contributed by atoms with Crippen molar-refractivity contribution in [1.82, 2.24) is 4.90 Å². The number of likely N-dealkylation sites (tertiary alicyclic amines) is 1. The number of likely N-dealkylation sites (N-methyl/N-ethyl adjacent to an activating group) is 1. The Morgan fingerprint density at radius 1 is 1.91 bits per heavy atom. The number of terminal acetylenes is 1. The number of hydrogen-bond donors (Lipinski definition) is 1. The van der Waals surface area contributed by atoms with Gasteiger partial charge in [-0.15, -0.1) is 6.42 Å². The third-order valence-electron chi connectivity index (χ3n) is 2.66. The van der Waals surface area contributed by atoms with E-state index in [2.05, 4.69) is 5.92 Å². The molecule has 1 aliphatic heterocycles. The molecule has 11 heavy (non-hydrogen) atoms. The molecule has 1 aliphatic carbocycles. The number of amides is 1. The fraction of sp³-hybridized carbons (Fsp3) is 0.625. The maximum absolute atomic E-state index is 11.2. The van der Waals surface area contributed by atoms with Crippen LogP contribution in [-0.4, -0.2) is 34.6 Å². The van der Waals surface area contributed by atoms with E-state index in [1.807, 2.05) is 0 Å². The molecule has 3 nitrogen and oxygen atoms in total. The molecule has 0 spiro atoms. The molecule has 1 saturated carbocycles. The minimum absolute atomic E-state index is 0.00926. The van der Waals surface area contributed by atoms with Gasteiger partial charge in [0.2, 0.25) is 5.60 Å². The summed E-state index contributed by atoms with van der Waals surface area (Å²) in [7, 11) is 1.68. The average Bonchev–Trinajstić information content (AvgIpc) is 2.75. The average molecular weight is 151 g/mol. The van der Waals surface area contributed by atoms with Crippen molar-refractivity contribution in [2.75, 3.05) is 7.05 Å². The lowest BCUT2D eigenvalue weighted by atomic mass is 10.0. The molecule has 2 fully saturated rings. The molecule has 1 amide bonds. The lowest BCUT2D eigenvalue weighted by Crippen LogP contribution is -2.41. The second-order valence-electron chi connectivity index (χ2n) is 3.24. The van der Waals surface area contributed by atoms with Crippen LogP contribution in [0.3, 0.4) is 0 Å². The Kier molecular flexibility index (Phi) is 0.967. The van der Waals surface area contributed by atoms with E-state index in [1.54, 1.807) is 11.9 Å². The first-order chi connectivity index (χ1) is 5.11. The van der Waals surface area contributed by atoms with Crippen molar-refractivity contribution in [2.24, 2.45) is 5.92 Å². The van der Waals surface area contributed by atoms with Crippen LogP contribution in [0.5, 0.6) is 0 Å². The molecular weight excluding hydrogens is 142 g/mol. The van der Waals surface area contributed by atoms with E-state index >= 15 is 0 Å². The van der Waals surface area contributed by atoms with Crippen molar-refractivity contribution >= 4 is 5.91 Å². The molecule has 0 bridgehead atoms. The second kappa shape index (κ2) is 1.59. The van der Waals surface area contributed by atoms with Crippen molar-refractivity contribution in [2.45, 2.75) is 18.1 Å². The monoisotopic (exact) mass is 151 g/mol. The summed E-state index contributed by atoms with van der Waals surface area (Å²) in [5.74, 6) is 1.85. The summed E-state index contributed by atoms with van der Waals surface area (Å²) in [6.45, 7) is 0. The van der Waals surface area contributed by atoms with Crippen LogP contribution in [0, 0.1) is 18.3 Å². The molecule has 0 aromatic heterocycles. The number of piperidine rings is 1. The zero-order chi connectivity index (χ0) is 8.22. The Morgan fingerprint density at radius 2 is 2.55 bits per heavy atom. The van der Waals surface area contributed by atoms with Gasteiger partial charge >= 0.3 is 0 Å². The topological polar surface area (TPSA) is 40.5 Å². The van der Waals surface area contributed by atoms with Gasteiger partial charge in [0, 0.05) is 19.0 Å². The Morgan fingerprint density at radius 3 is 2.82 bits per heavy atom. The normalized spacial score (nSPS) is 47.0. The predicted octanol–water partition coefficient (Wildman–Crippen LogP) is -0.789. The summed E-state index contributed by atoms with van der Waals surface area (Å²) in [5.41, 5.74) is -1.49. The van der Waals surface area contributed by atoms with Crippen LogP contribution in [0.2, 0.25) is 0 Å². The first-order valence-electron chi connectivity index (χ1n) is 3.58. The van der Waals surface area contributed by atoms with Crippen molar-refractivity contribution in [3.8, 4) is 12.3 Å². The molecule has 0 radical (unpaired) electrons. The van der Waals surface area contributed by atoms with Gasteiger partial charge in [0.05, 0.1) is 0 Å². The van der Waals surface area contributed by atoms with Crippen molar-refractivity contribution in [1.29, 1.82) is 0 Å². The van der Waals surface area contributed by atoms with Crippen molar-refractivity contribution < 1.29 is 9.90 Å². The number of fused-ring (bicyclic) bond motifs is 1. The summed E-state index contributed by atoms with van der Waals surface area (Å²) in [5, 5.41) is 9.62. The van der Waals surface area contributed by atoms with E-state index in [0.29, 0.717) is 0 Å². The van der Waals surface area contributed by atoms with E-state index in [1.165, 1.54) is 0 Å². The zero-order valence-electron chi connectivity index (χ0n) is 6.24. The van der Waals surface area contributed by atoms with Gasteiger partial charge in [-0.1, -0.05) is 5.92 Å². The number of hydrogen-bond acceptors (Lipinski definition) is 2. The van der Waals surface area contributed by atoms with Gasteiger partial charge in [-0.05, 0) is 6.42 Å². The van der Waals surface area contributed by atoms with E-state index < -0.39 is 5.60 Å². The quantitative estimate of drug-likeness (QED) is 0.461. The molecule has 3 atom stereocenters. The van der Waals surface area contributed by atoms with Crippen molar-refractivity contribution in [3.05, 3.63) is 0 Å². The Bertz CT molecular complexity index is 268. The van der Waals surface area contributed by atoms with E-state index in [4.69, 9.17) is 6.42 Å². The minimum atomic E-state index is -1.49. The van der Waals surface area contributed by atoms with Gasteiger partial charge in [-0.25, -0.2) is 0 Å². The van der Waals surface area contributed by atoms with Crippen LogP contribution in [0.4, 0.5) is 0 Å². The summed E-state index contributed by atoms with van der Waals surface area (Å²) in [6, 6.07) is 0.198. The Labute approximate surface area is 65.0 Å². The van der Waals surface area contributed by atoms with E-state index in [9.17, 15) is 9.90 Å². The molecule has 0 aromatic carbocycles. The molecule has 1 saturated heterocycles. The smallest absolute Gasteiger partial charge is 0.267 e. The van der Waals surface area contributed by atoms with Crippen LogP contribution in [0.25, 0.3) is 0 Å². The standard InChI is InChI=1S/C8H9NO2/c1-3-8(11)5-4-6(5)9(2)7(8)10/h1,5-6,11H,4H2,2H3/t5-,6+,8-/m1/s1. The maximum atomic E-state index is 11.2. The number of carbonyl (C=O) groups excluding carboxylic acids is 1. The molecule has 0 unspecified atom stereocenters. The predicted molar refractivity (Wildman–Crippen MR) is 38.4 cm³/mol. The fourth-order valence-corrected chi connectivity index (χ4v) is 1.81. The van der Waals surface area contributed by atoms with E-state index in [-0.39, 0.29) is 17.9 Å². The highest BCUT2D eigenvalue weighted by Gasteiger charge is 2.65. The van der Waals surface area contributed by atoms with Gasteiger partial charge in [-0.3, -0.25) is 4.79 Å². The van der Waals surface area contributed by atoms with Gasteiger partial charge in [0.15, 0.2) is 0 Å². The number of nitrogens with zero attached hydrogens (tertiary/aromatic N) is 1. The van der Waals surface area contributed by atoms with Crippen LogP contribution in [-0.2, 0) is 4.79 Å². The van der Waals surface area contributed by atoms with Gasteiger partial charge in [0.1, 0.15) is 0 Å². The molecule has 1 heterocycles. The zero-order valence-corrected chi connectivity index (χ0v) is 6.24. The number of aliphatic hydroxyl groups is 1. The molecule has 1 N–H and O–H groups in total. The maximum Gasteiger partial charge on any atom is 0.267 e. The highest BCUT2D eigenvalue weighted by Crippen LogP contribution is 2.50. The lowest BCUT2D eigenvalue weighted by molar-refractivity contribution is -0.140. The lowest BCUT2D eigenvalue weighted by Gasteiger charge is -2.18. The van der Waals surface area contributed by atoms with Crippen molar-refractivity contribution in [3.63, 3.8) is 0 Å². The summed E-state index contributed by atoms with van der Waals surface area (Å²) < 4.78 is 0. The Balaban J connectivity index is 2.39. The second-order valence-corrected chi connectivity index (χ2v) is 3.24. The fourth-order valence-electron chi connectivity index (χ4n) is 1.81. The molecule has 0 aromatic rings. The first-order valence-corrected chi connectivity index (χ1v) is 3.58. The van der Waals surface area contributed by atoms with Crippen LogP contribution < -0.4 is 0 Å². The number of rotatable bonds is 0. The first kappa shape index (κ1) is 6.68. The highest BCUT2D eigenvalue weighted by atomic mass is 16.3. The summed E-state index contributed by atoms with van der Waals surface area (Å²) in [6.07, 6.45) is 5.94. The van der Waals surface area contributed by atoms with E-state index in [0.717, 1.165) is 6.42 Å².